The van der Waals surface area contributed by atoms with Crippen LogP contribution >= 0.6 is 23.1 Å². The molecule has 26 heavy (non-hydrogen) atoms. The van der Waals surface area contributed by atoms with Crippen molar-refractivity contribution in [2.75, 3.05) is 5.75 Å². The second kappa shape index (κ2) is 7.67. The monoisotopic (exact) mass is 396 g/mol. The maximum Gasteiger partial charge on any atom is 0.416 e. The number of carbonyl (C=O) groups is 1. The first-order valence-electron chi connectivity index (χ1n) is 7.78. The zero-order valence-corrected chi connectivity index (χ0v) is 15.3. The number of fused-ring (bicyclic) bond motifs is 1. The summed E-state index contributed by atoms with van der Waals surface area (Å²) in [5.41, 5.74) is 0.820. The summed E-state index contributed by atoms with van der Waals surface area (Å²) in [7, 11) is 0. The molecule has 0 fully saturated rings. The van der Waals surface area contributed by atoms with Gasteiger partial charge in [-0.1, -0.05) is 36.0 Å². The number of aromatic nitrogens is 1. The molecule has 136 valence electrons. The van der Waals surface area contributed by atoms with E-state index in [9.17, 15) is 18.0 Å². The van der Waals surface area contributed by atoms with Gasteiger partial charge in [-0.3, -0.25) is 4.79 Å². The quantitative estimate of drug-likeness (QED) is 0.596. The minimum absolute atomic E-state index is 0.193. The van der Waals surface area contributed by atoms with E-state index in [1.165, 1.54) is 35.2 Å². The van der Waals surface area contributed by atoms with E-state index in [-0.39, 0.29) is 17.7 Å². The highest BCUT2D eigenvalue weighted by Crippen LogP contribution is 2.30. The number of amides is 1. The van der Waals surface area contributed by atoms with Crippen molar-refractivity contribution in [3.8, 4) is 0 Å². The number of alkyl halides is 3. The molecule has 2 aromatic carbocycles. The molecule has 0 saturated carbocycles. The van der Waals surface area contributed by atoms with E-state index >= 15 is 0 Å². The van der Waals surface area contributed by atoms with Crippen molar-refractivity contribution >= 4 is 39.2 Å². The van der Waals surface area contributed by atoms with Gasteiger partial charge in [0.15, 0.2) is 4.34 Å². The van der Waals surface area contributed by atoms with Gasteiger partial charge in [0.1, 0.15) is 0 Å². The maximum atomic E-state index is 12.6. The highest BCUT2D eigenvalue weighted by Gasteiger charge is 2.30. The van der Waals surface area contributed by atoms with Crippen molar-refractivity contribution in [1.82, 2.24) is 10.3 Å². The topological polar surface area (TPSA) is 42.0 Å². The van der Waals surface area contributed by atoms with E-state index in [1.54, 1.807) is 6.92 Å². The van der Waals surface area contributed by atoms with E-state index in [2.05, 4.69) is 10.3 Å². The number of nitrogens with one attached hydrogen (secondary N) is 1. The van der Waals surface area contributed by atoms with Gasteiger partial charge in [-0.2, -0.15) is 13.2 Å². The number of rotatable bonds is 5. The van der Waals surface area contributed by atoms with Crippen LogP contribution in [-0.4, -0.2) is 16.6 Å². The Morgan fingerprint density at radius 3 is 2.54 bits per heavy atom. The number of hydrogen-bond donors (Lipinski definition) is 1. The number of thiazole rings is 1. The van der Waals surface area contributed by atoms with Crippen LogP contribution in [0.2, 0.25) is 0 Å². The smallest absolute Gasteiger partial charge is 0.349 e. The average molecular weight is 396 g/mol. The van der Waals surface area contributed by atoms with Gasteiger partial charge < -0.3 is 5.32 Å². The van der Waals surface area contributed by atoms with Gasteiger partial charge in [-0.05, 0) is 36.8 Å². The molecular formula is C18H15F3N2OS2. The number of thioether (sulfide) groups is 1. The molecule has 1 amide bonds. The molecule has 3 rings (SSSR count). The van der Waals surface area contributed by atoms with Gasteiger partial charge in [0.05, 0.1) is 27.6 Å². The number of hydrogen-bond acceptors (Lipinski definition) is 4. The van der Waals surface area contributed by atoms with Crippen molar-refractivity contribution in [2.24, 2.45) is 0 Å². The molecule has 0 spiro atoms. The third kappa shape index (κ3) is 4.56. The van der Waals surface area contributed by atoms with Crippen LogP contribution in [0.15, 0.2) is 52.9 Å². The Balaban J connectivity index is 1.55. The molecule has 1 unspecified atom stereocenters. The van der Waals surface area contributed by atoms with Crippen LogP contribution < -0.4 is 5.32 Å². The summed E-state index contributed by atoms with van der Waals surface area (Å²) in [4.78, 5) is 16.6. The summed E-state index contributed by atoms with van der Waals surface area (Å²) in [6, 6.07) is 12.2. The number of benzene rings is 2. The molecule has 0 bridgehead atoms. The van der Waals surface area contributed by atoms with Crippen LogP contribution in [0.1, 0.15) is 24.1 Å². The Morgan fingerprint density at radius 1 is 1.19 bits per heavy atom. The summed E-state index contributed by atoms with van der Waals surface area (Å²) in [5.74, 6) is 0.00629. The number of carbonyl (C=O) groups excluding carboxylic acids is 1. The maximum absolute atomic E-state index is 12.6. The first-order chi connectivity index (χ1) is 12.3. The van der Waals surface area contributed by atoms with Crippen LogP contribution in [0.25, 0.3) is 10.2 Å². The number of halogens is 3. The molecule has 3 aromatic rings. The Kier molecular flexibility index (Phi) is 5.52. The van der Waals surface area contributed by atoms with Gasteiger partial charge in [-0.15, -0.1) is 11.3 Å². The van der Waals surface area contributed by atoms with Crippen LogP contribution in [0.5, 0.6) is 0 Å². The van der Waals surface area contributed by atoms with E-state index < -0.39 is 11.7 Å². The second-order valence-electron chi connectivity index (χ2n) is 5.65. The molecule has 0 aliphatic heterocycles. The van der Waals surface area contributed by atoms with Gasteiger partial charge in [-0.25, -0.2) is 4.98 Å². The van der Waals surface area contributed by atoms with E-state index in [1.807, 2.05) is 24.3 Å². The molecule has 1 N–H and O–H groups in total. The molecule has 0 radical (unpaired) electrons. The molecule has 3 nitrogen and oxygen atoms in total. The van der Waals surface area contributed by atoms with Crippen molar-refractivity contribution in [1.29, 1.82) is 0 Å². The Morgan fingerprint density at radius 2 is 1.88 bits per heavy atom. The summed E-state index contributed by atoms with van der Waals surface area (Å²) < 4.78 is 39.6. The van der Waals surface area contributed by atoms with Gasteiger partial charge in [0.25, 0.3) is 0 Å². The fourth-order valence-corrected chi connectivity index (χ4v) is 4.25. The fraction of sp³-hybridized carbons (Fsp3) is 0.222. The van der Waals surface area contributed by atoms with E-state index in [0.717, 1.165) is 26.7 Å². The zero-order valence-electron chi connectivity index (χ0n) is 13.7. The summed E-state index contributed by atoms with van der Waals surface area (Å²) in [6.45, 7) is 1.74. The van der Waals surface area contributed by atoms with Crippen LogP contribution in [-0.2, 0) is 11.0 Å². The molecular weight excluding hydrogens is 381 g/mol. The first kappa shape index (κ1) is 18.7. The normalized spacial score (nSPS) is 12.9. The molecule has 0 aliphatic carbocycles. The summed E-state index contributed by atoms with van der Waals surface area (Å²) in [6.07, 6.45) is -4.36. The van der Waals surface area contributed by atoms with Crippen molar-refractivity contribution in [2.45, 2.75) is 23.5 Å². The summed E-state index contributed by atoms with van der Waals surface area (Å²) in [5, 5.41) is 2.79. The van der Waals surface area contributed by atoms with Crippen molar-refractivity contribution < 1.29 is 18.0 Å². The second-order valence-corrected chi connectivity index (χ2v) is 7.90. The lowest BCUT2D eigenvalue weighted by atomic mass is 10.1. The van der Waals surface area contributed by atoms with Crippen LogP contribution in [0, 0.1) is 0 Å². The fourth-order valence-electron chi connectivity index (χ4n) is 2.37. The lowest BCUT2D eigenvalue weighted by Crippen LogP contribution is -2.28. The van der Waals surface area contributed by atoms with Crippen molar-refractivity contribution in [3.05, 3.63) is 59.7 Å². The zero-order chi connectivity index (χ0) is 18.7. The average Bonchev–Trinajstić information content (AvgIpc) is 3.02. The SMILES string of the molecule is CC(NC(=O)CSc1nc2ccccc2s1)c1ccc(C(F)(F)F)cc1. The Hall–Kier alpha value is -2.06. The molecule has 8 heteroatoms. The highest BCUT2D eigenvalue weighted by molar-refractivity contribution is 8.01. The third-order valence-electron chi connectivity index (χ3n) is 3.72. The van der Waals surface area contributed by atoms with Crippen LogP contribution in [0.4, 0.5) is 13.2 Å². The predicted molar refractivity (Wildman–Crippen MR) is 98.3 cm³/mol. The lowest BCUT2D eigenvalue weighted by molar-refractivity contribution is -0.137. The van der Waals surface area contributed by atoms with Gasteiger partial charge in [0.2, 0.25) is 5.91 Å². The number of para-hydroxylation sites is 1. The lowest BCUT2D eigenvalue weighted by Gasteiger charge is -2.15. The predicted octanol–water partition coefficient (Wildman–Crippen LogP) is 5.28. The van der Waals surface area contributed by atoms with E-state index in [4.69, 9.17) is 0 Å². The summed E-state index contributed by atoms with van der Waals surface area (Å²) >= 11 is 2.87. The molecule has 0 aliphatic rings. The standard InChI is InChI=1S/C18H15F3N2OS2/c1-11(12-6-8-13(9-7-12)18(19,20)21)22-16(24)10-25-17-23-14-4-2-3-5-15(14)26-17/h2-9,11H,10H2,1H3,(H,22,24). The van der Waals surface area contributed by atoms with Gasteiger partial charge in [0, 0.05) is 0 Å². The minimum atomic E-state index is -4.36. The van der Waals surface area contributed by atoms with Crippen molar-refractivity contribution in [3.63, 3.8) is 0 Å². The van der Waals surface area contributed by atoms with Gasteiger partial charge >= 0.3 is 6.18 Å². The molecule has 1 aromatic heterocycles. The van der Waals surface area contributed by atoms with E-state index in [0.29, 0.717) is 5.56 Å². The molecule has 1 atom stereocenters. The highest BCUT2D eigenvalue weighted by atomic mass is 32.2. The van der Waals surface area contributed by atoms with Crippen LogP contribution in [0.3, 0.4) is 0 Å². The molecule has 1 heterocycles. The molecule has 0 saturated heterocycles. The minimum Gasteiger partial charge on any atom is -0.349 e. The Bertz CT molecular complexity index is 874. The third-order valence-corrected chi connectivity index (χ3v) is 5.90. The number of nitrogens with zero attached hydrogens (tertiary/aromatic N) is 1. The largest absolute Gasteiger partial charge is 0.416 e. The Labute approximate surface area is 156 Å². The first-order valence-corrected chi connectivity index (χ1v) is 9.58.